The summed E-state index contributed by atoms with van der Waals surface area (Å²) in [6, 6.07) is 4.63. The molecular formula is C32H39N3O10. The summed E-state index contributed by atoms with van der Waals surface area (Å²) >= 11 is 0. The van der Waals surface area contributed by atoms with Gasteiger partial charge in [-0.15, -0.1) is 0 Å². The van der Waals surface area contributed by atoms with Gasteiger partial charge in [0, 0.05) is 61.1 Å². The van der Waals surface area contributed by atoms with Crippen molar-refractivity contribution in [2.45, 2.75) is 82.3 Å². The molecule has 2 aromatic rings. The lowest BCUT2D eigenvalue weighted by Gasteiger charge is -2.42. The first-order valence-electron chi connectivity index (χ1n) is 15.2. The predicted octanol–water partition coefficient (Wildman–Crippen LogP) is 1.18. The van der Waals surface area contributed by atoms with E-state index in [0.29, 0.717) is 19.7 Å². The summed E-state index contributed by atoms with van der Waals surface area (Å²) in [5.74, 6) is -3.14. The van der Waals surface area contributed by atoms with Gasteiger partial charge in [-0.05, 0) is 13.0 Å². The first kappa shape index (κ1) is 31.4. The Balaban J connectivity index is 1.42. The fraction of sp³-hybridized carbons (Fsp3) is 0.531. The summed E-state index contributed by atoms with van der Waals surface area (Å²) in [4.78, 5) is 41.1. The van der Waals surface area contributed by atoms with Gasteiger partial charge in [-0.1, -0.05) is 26.0 Å². The van der Waals surface area contributed by atoms with Crippen LogP contribution < -0.4 is 20.7 Å². The molecule has 2 heterocycles. The van der Waals surface area contributed by atoms with Gasteiger partial charge < -0.3 is 44.9 Å². The molecule has 2 aliphatic heterocycles. The normalized spacial score (nSPS) is 28.7. The smallest absolute Gasteiger partial charge is 0.252 e. The van der Waals surface area contributed by atoms with Crippen LogP contribution in [0, 0.1) is 0 Å². The minimum Gasteiger partial charge on any atom is -0.507 e. The maximum Gasteiger partial charge on any atom is 0.252 e. The van der Waals surface area contributed by atoms with Crippen molar-refractivity contribution < 1.29 is 48.7 Å². The maximum absolute atomic E-state index is 13.9. The van der Waals surface area contributed by atoms with Crippen molar-refractivity contribution in [3.05, 3.63) is 51.6 Å². The number of nitrogens with one attached hydrogen (secondary N) is 3. The van der Waals surface area contributed by atoms with E-state index in [0.717, 1.165) is 0 Å². The highest BCUT2D eigenvalue weighted by Gasteiger charge is 2.51. The van der Waals surface area contributed by atoms with Crippen molar-refractivity contribution in [1.82, 2.24) is 16.0 Å². The summed E-state index contributed by atoms with van der Waals surface area (Å²) in [6.07, 6.45) is -2.97. The number of aliphatic hydroxyl groups is 1. The van der Waals surface area contributed by atoms with Crippen LogP contribution in [0.3, 0.4) is 0 Å². The van der Waals surface area contributed by atoms with Crippen molar-refractivity contribution in [1.29, 1.82) is 0 Å². The number of ketones is 2. The second-order valence-electron chi connectivity index (χ2n) is 12.4. The Morgan fingerprint density at radius 2 is 1.89 bits per heavy atom. The van der Waals surface area contributed by atoms with E-state index >= 15 is 0 Å². The molecular weight excluding hydrogens is 586 g/mol. The highest BCUT2D eigenvalue weighted by atomic mass is 16.7. The Bertz CT molecular complexity index is 1540. The van der Waals surface area contributed by atoms with Crippen LogP contribution in [0.5, 0.6) is 17.2 Å². The van der Waals surface area contributed by atoms with E-state index in [4.69, 9.17) is 18.9 Å². The number of hydrogen-bond donors (Lipinski definition) is 6. The van der Waals surface area contributed by atoms with Crippen LogP contribution in [0.25, 0.3) is 0 Å². The van der Waals surface area contributed by atoms with Gasteiger partial charge in [0.2, 0.25) is 5.78 Å². The number of benzene rings is 2. The molecule has 2 aromatic carbocycles. The summed E-state index contributed by atoms with van der Waals surface area (Å²) in [6.45, 7) is 6.82. The fourth-order valence-electron chi connectivity index (χ4n) is 6.92. The van der Waals surface area contributed by atoms with E-state index in [1.54, 1.807) is 6.07 Å². The van der Waals surface area contributed by atoms with E-state index in [-0.39, 0.29) is 70.8 Å². The predicted molar refractivity (Wildman–Crippen MR) is 158 cm³/mol. The minimum atomic E-state index is -2.09. The molecule has 6 atom stereocenters. The SMILES string of the molecule is COc1cccc2c1C(=O)c1c(O)c3c(c(O)c1C2=O)C[C@@](O)(C(=O)NCCNC(C)C)C[C@@H]3OC1CC2NCOC2C(C)O1. The summed E-state index contributed by atoms with van der Waals surface area (Å²) in [5.41, 5.74) is -2.96. The number of rotatable bonds is 8. The van der Waals surface area contributed by atoms with Crippen molar-refractivity contribution in [2.75, 3.05) is 26.9 Å². The number of ether oxygens (including phenoxy) is 4. The zero-order valence-corrected chi connectivity index (χ0v) is 25.6. The molecule has 4 unspecified atom stereocenters. The molecule has 2 aliphatic carbocycles. The van der Waals surface area contributed by atoms with E-state index in [1.807, 2.05) is 20.8 Å². The molecule has 2 fully saturated rings. The lowest BCUT2D eigenvalue weighted by Crippen LogP contribution is -2.54. The third kappa shape index (κ3) is 5.37. The second-order valence-corrected chi connectivity index (χ2v) is 12.4. The lowest BCUT2D eigenvalue weighted by atomic mass is 9.72. The van der Waals surface area contributed by atoms with Gasteiger partial charge >= 0.3 is 0 Å². The Morgan fingerprint density at radius 3 is 2.62 bits per heavy atom. The number of hydrogen-bond acceptors (Lipinski definition) is 12. The fourth-order valence-corrected chi connectivity index (χ4v) is 6.92. The molecule has 0 saturated carbocycles. The van der Waals surface area contributed by atoms with E-state index in [2.05, 4.69) is 16.0 Å². The molecule has 0 spiro atoms. The highest BCUT2D eigenvalue weighted by molar-refractivity contribution is 6.31. The van der Waals surface area contributed by atoms with Crippen LogP contribution >= 0.6 is 0 Å². The molecule has 13 nitrogen and oxygen atoms in total. The average molecular weight is 626 g/mol. The molecule has 6 rings (SSSR count). The highest BCUT2D eigenvalue weighted by Crippen LogP contribution is 2.52. The van der Waals surface area contributed by atoms with Gasteiger partial charge in [-0.3, -0.25) is 19.7 Å². The largest absolute Gasteiger partial charge is 0.507 e. The summed E-state index contributed by atoms with van der Waals surface area (Å²) in [5, 5.41) is 44.4. The third-order valence-corrected chi connectivity index (χ3v) is 9.07. The Morgan fingerprint density at radius 1 is 1.13 bits per heavy atom. The Labute approximate surface area is 260 Å². The number of carbonyl (C=O) groups excluding carboxylic acids is 3. The van der Waals surface area contributed by atoms with Crippen LogP contribution in [-0.4, -0.2) is 95.9 Å². The number of amides is 1. The topological polar surface area (TPSA) is 185 Å². The van der Waals surface area contributed by atoms with Crippen LogP contribution in [0.2, 0.25) is 0 Å². The van der Waals surface area contributed by atoms with E-state index < -0.39 is 59.0 Å². The average Bonchev–Trinajstić information content (AvgIpc) is 3.48. The first-order valence-corrected chi connectivity index (χ1v) is 15.2. The van der Waals surface area contributed by atoms with Crippen molar-refractivity contribution >= 4 is 17.5 Å². The van der Waals surface area contributed by atoms with Gasteiger partial charge in [0.15, 0.2) is 12.1 Å². The van der Waals surface area contributed by atoms with Crippen LogP contribution in [0.1, 0.15) is 82.7 Å². The second kappa shape index (κ2) is 12.0. The number of fused-ring (bicyclic) bond motifs is 4. The number of aromatic hydroxyl groups is 2. The Hall–Kier alpha value is -3.59. The molecule has 13 heteroatoms. The molecule has 0 radical (unpaired) electrons. The van der Waals surface area contributed by atoms with Crippen molar-refractivity contribution in [3.63, 3.8) is 0 Å². The molecule has 2 saturated heterocycles. The standard InChI is InChI=1S/C32H39N3O10/c1-14(2)33-8-9-34-31(40)32(41)11-17-23(20(12-32)45-21-10-18-30(15(3)44-21)43-13-35-18)29(39)25-24(27(17)37)26(36)16-6-5-7-19(42-4)22(16)28(25)38/h5-7,14-15,18,20-21,30,33,35,37,39,41H,8-13H2,1-4H3,(H,34,40)/t15?,18?,20-,21?,30?,32-/m0/s1. The lowest BCUT2D eigenvalue weighted by molar-refractivity contribution is -0.244. The van der Waals surface area contributed by atoms with Gasteiger partial charge in [0.1, 0.15) is 29.0 Å². The van der Waals surface area contributed by atoms with Gasteiger partial charge in [-0.2, -0.15) is 0 Å². The number of phenols is 2. The minimum absolute atomic E-state index is 0.00111. The molecule has 4 aliphatic rings. The first-order chi connectivity index (χ1) is 21.4. The quantitative estimate of drug-likeness (QED) is 0.155. The molecule has 0 aromatic heterocycles. The maximum atomic E-state index is 13.9. The van der Waals surface area contributed by atoms with Crippen molar-refractivity contribution in [3.8, 4) is 17.2 Å². The zero-order valence-electron chi connectivity index (χ0n) is 25.6. The van der Waals surface area contributed by atoms with E-state index in [1.165, 1.54) is 19.2 Å². The molecule has 45 heavy (non-hydrogen) atoms. The summed E-state index contributed by atoms with van der Waals surface area (Å²) in [7, 11) is 1.36. The Kier molecular flexibility index (Phi) is 8.35. The molecule has 6 N–H and O–H groups in total. The molecule has 242 valence electrons. The van der Waals surface area contributed by atoms with Gasteiger partial charge in [0.05, 0.1) is 42.7 Å². The number of methoxy groups -OCH3 is 1. The van der Waals surface area contributed by atoms with Gasteiger partial charge in [0.25, 0.3) is 5.91 Å². The number of phenolic OH excluding ortho intramolecular Hbond substituents is 2. The summed E-state index contributed by atoms with van der Waals surface area (Å²) < 4.78 is 23.5. The monoisotopic (exact) mass is 625 g/mol. The molecule has 0 bridgehead atoms. The van der Waals surface area contributed by atoms with Gasteiger partial charge in [-0.25, -0.2) is 0 Å². The zero-order chi connectivity index (χ0) is 32.2. The molecule has 1 amide bonds. The van der Waals surface area contributed by atoms with Crippen LogP contribution in [0.4, 0.5) is 0 Å². The van der Waals surface area contributed by atoms with E-state index in [9.17, 15) is 29.7 Å². The van der Waals surface area contributed by atoms with Crippen LogP contribution in [-0.2, 0) is 25.4 Å². The number of carbonyl (C=O) groups is 3. The third-order valence-electron chi connectivity index (χ3n) is 9.07. The van der Waals surface area contributed by atoms with Crippen LogP contribution in [0.15, 0.2) is 18.2 Å². The van der Waals surface area contributed by atoms with Crippen molar-refractivity contribution in [2.24, 2.45) is 0 Å².